The number of hydrogen-bond acceptors (Lipinski definition) is 4. The van der Waals surface area contributed by atoms with Gasteiger partial charge in [0.2, 0.25) is 0 Å². The van der Waals surface area contributed by atoms with Crippen molar-refractivity contribution in [2.75, 3.05) is 11.8 Å². The van der Waals surface area contributed by atoms with Crippen LogP contribution in [0.4, 0.5) is 5.69 Å². The number of anilines is 1. The molecule has 3 aromatic carbocycles. The molecule has 0 fully saturated rings. The third-order valence-electron chi connectivity index (χ3n) is 5.57. The molecule has 0 bridgehead atoms. The van der Waals surface area contributed by atoms with Crippen molar-refractivity contribution in [3.63, 3.8) is 0 Å². The molecule has 0 aliphatic heterocycles. The highest BCUT2D eigenvalue weighted by molar-refractivity contribution is 7.92. The summed E-state index contributed by atoms with van der Waals surface area (Å²) in [6.45, 7) is 8.03. The summed E-state index contributed by atoms with van der Waals surface area (Å²) in [6, 6.07) is 16.2. The highest BCUT2D eigenvalue weighted by Crippen LogP contribution is 2.32. The van der Waals surface area contributed by atoms with E-state index in [1.807, 2.05) is 19.9 Å². The van der Waals surface area contributed by atoms with Crippen molar-refractivity contribution in [2.45, 2.75) is 44.6 Å². The lowest BCUT2D eigenvalue weighted by molar-refractivity contribution is 0.0940. The first-order valence-electron chi connectivity index (χ1n) is 10.9. The number of ether oxygens (including phenoxy) is 1. The number of rotatable bonds is 8. The molecule has 2 N–H and O–H groups in total. The zero-order valence-electron chi connectivity index (χ0n) is 19.8. The molecule has 0 unspecified atom stereocenters. The topological polar surface area (TPSA) is 84.5 Å². The highest BCUT2D eigenvalue weighted by atomic mass is 35.5. The molecule has 0 aliphatic carbocycles. The van der Waals surface area contributed by atoms with E-state index in [0.717, 1.165) is 22.4 Å². The summed E-state index contributed by atoms with van der Waals surface area (Å²) in [5.41, 5.74) is 3.43. The molecule has 0 radical (unpaired) electrons. The van der Waals surface area contributed by atoms with E-state index in [1.54, 1.807) is 25.3 Å². The summed E-state index contributed by atoms with van der Waals surface area (Å²) < 4.78 is 33.3. The molecular weight excluding hydrogens is 472 g/mol. The van der Waals surface area contributed by atoms with Crippen LogP contribution in [0, 0.1) is 6.92 Å². The van der Waals surface area contributed by atoms with Crippen molar-refractivity contribution < 1.29 is 17.9 Å². The molecule has 0 heterocycles. The van der Waals surface area contributed by atoms with Crippen LogP contribution in [0.25, 0.3) is 0 Å². The molecular formula is C26H29ClN2O4S. The minimum atomic E-state index is -3.80. The van der Waals surface area contributed by atoms with Crippen LogP contribution in [0.15, 0.2) is 65.6 Å². The van der Waals surface area contributed by atoms with E-state index in [-0.39, 0.29) is 33.1 Å². The molecule has 34 heavy (non-hydrogen) atoms. The van der Waals surface area contributed by atoms with Crippen LogP contribution in [-0.2, 0) is 10.0 Å². The predicted octanol–water partition coefficient (Wildman–Crippen LogP) is 6.07. The molecule has 1 atom stereocenters. The van der Waals surface area contributed by atoms with Crippen LogP contribution in [0.2, 0.25) is 5.02 Å². The number of benzene rings is 3. The second kappa shape index (κ2) is 10.5. The lowest BCUT2D eigenvalue weighted by atomic mass is 9.93. The average molecular weight is 501 g/mol. The van der Waals surface area contributed by atoms with Crippen molar-refractivity contribution >= 4 is 33.2 Å². The Kier molecular flexibility index (Phi) is 7.89. The molecule has 1 amide bonds. The number of halogens is 1. The van der Waals surface area contributed by atoms with Gasteiger partial charge in [0, 0.05) is 5.69 Å². The van der Waals surface area contributed by atoms with Gasteiger partial charge in [0.15, 0.2) is 0 Å². The fraction of sp³-hybridized carbons (Fsp3) is 0.269. The maximum atomic E-state index is 13.1. The minimum Gasteiger partial charge on any atom is -0.496 e. The highest BCUT2D eigenvalue weighted by Gasteiger charge is 2.20. The Morgan fingerprint density at radius 3 is 2.26 bits per heavy atom. The summed E-state index contributed by atoms with van der Waals surface area (Å²) in [4.78, 5) is 13.2. The molecule has 8 heteroatoms. The van der Waals surface area contributed by atoms with Crippen molar-refractivity contribution in [1.29, 1.82) is 0 Å². The smallest absolute Gasteiger partial charge is 0.261 e. The normalized spacial score (nSPS) is 12.3. The van der Waals surface area contributed by atoms with E-state index in [0.29, 0.717) is 0 Å². The maximum Gasteiger partial charge on any atom is 0.261 e. The summed E-state index contributed by atoms with van der Waals surface area (Å²) in [7, 11) is -2.15. The Balaban J connectivity index is 1.85. The van der Waals surface area contributed by atoms with Crippen LogP contribution >= 0.6 is 11.6 Å². The lowest BCUT2D eigenvalue weighted by Gasteiger charge is -2.21. The van der Waals surface area contributed by atoms with Crippen LogP contribution in [-0.4, -0.2) is 21.4 Å². The van der Waals surface area contributed by atoms with E-state index in [9.17, 15) is 13.2 Å². The first-order valence-corrected chi connectivity index (χ1v) is 12.8. The van der Waals surface area contributed by atoms with Crippen LogP contribution in [0.5, 0.6) is 5.75 Å². The van der Waals surface area contributed by atoms with E-state index < -0.39 is 15.9 Å². The van der Waals surface area contributed by atoms with Crippen LogP contribution in [0.1, 0.15) is 59.8 Å². The number of amides is 1. The van der Waals surface area contributed by atoms with Gasteiger partial charge in [-0.2, -0.15) is 0 Å². The molecule has 0 aliphatic rings. The maximum absolute atomic E-state index is 13.1. The number of nitrogens with one attached hydrogen (secondary N) is 2. The van der Waals surface area contributed by atoms with Gasteiger partial charge in [-0.3, -0.25) is 9.52 Å². The Morgan fingerprint density at radius 2 is 1.65 bits per heavy atom. The summed E-state index contributed by atoms with van der Waals surface area (Å²) in [6.07, 6.45) is 0. The van der Waals surface area contributed by atoms with Crippen LogP contribution in [0.3, 0.4) is 0 Å². The molecule has 3 rings (SSSR count). The first-order chi connectivity index (χ1) is 16.0. The van der Waals surface area contributed by atoms with Gasteiger partial charge in [-0.05, 0) is 78.9 Å². The molecule has 180 valence electrons. The molecule has 3 aromatic rings. The lowest BCUT2D eigenvalue weighted by Crippen LogP contribution is -2.27. The van der Waals surface area contributed by atoms with Crippen LogP contribution < -0.4 is 14.8 Å². The third kappa shape index (κ3) is 5.72. The van der Waals surface area contributed by atoms with Crippen molar-refractivity contribution in [3.05, 3.63) is 87.9 Å². The summed E-state index contributed by atoms with van der Waals surface area (Å²) in [5.74, 6) is 0.664. The van der Waals surface area contributed by atoms with E-state index in [1.165, 1.54) is 30.3 Å². The molecule has 0 saturated heterocycles. The SMILES string of the molecule is COc1cc(C)c([C@H](C)NC(=O)c2cc(NS(=O)(=O)c3ccccc3)ccc2Cl)cc1C(C)C. The number of carbonyl (C=O) groups is 1. The standard InChI is InChI=1S/C26H29ClN2O4S/c1-16(2)21-15-22(17(3)13-25(21)33-5)18(4)28-26(30)23-14-19(11-12-24(23)27)29-34(31,32)20-9-7-6-8-10-20/h6-16,18,29H,1-5H3,(H,28,30)/t18-/m0/s1. The predicted molar refractivity (Wildman–Crippen MR) is 136 cm³/mol. The van der Waals surface area contributed by atoms with Crippen molar-refractivity contribution in [2.24, 2.45) is 0 Å². The Labute approximate surface area is 206 Å². The number of hydrogen-bond donors (Lipinski definition) is 2. The monoisotopic (exact) mass is 500 g/mol. The second-order valence-electron chi connectivity index (χ2n) is 8.41. The van der Waals surface area contributed by atoms with E-state index in [4.69, 9.17) is 16.3 Å². The quantitative estimate of drug-likeness (QED) is 0.393. The van der Waals surface area contributed by atoms with E-state index >= 15 is 0 Å². The van der Waals surface area contributed by atoms with Gasteiger partial charge in [0.25, 0.3) is 15.9 Å². The molecule has 0 aromatic heterocycles. The van der Waals surface area contributed by atoms with Gasteiger partial charge in [-0.15, -0.1) is 0 Å². The third-order valence-corrected chi connectivity index (χ3v) is 7.30. The largest absolute Gasteiger partial charge is 0.496 e. The van der Waals surface area contributed by atoms with E-state index in [2.05, 4.69) is 30.0 Å². The fourth-order valence-electron chi connectivity index (χ4n) is 3.74. The Bertz CT molecular complexity index is 1290. The van der Waals surface area contributed by atoms with Gasteiger partial charge in [-0.25, -0.2) is 8.42 Å². The van der Waals surface area contributed by atoms with Gasteiger partial charge in [0.05, 0.1) is 28.6 Å². The second-order valence-corrected chi connectivity index (χ2v) is 10.5. The number of methoxy groups -OCH3 is 1. The fourth-order valence-corrected chi connectivity index (χ4v) is 5.01. The summed E-state index contributed by atoms with van der Waals surface area (Å²) >= 11 is 6.29. The van der Waals surface area contributed by atoms with Gasteiger partial charge in [0.1, 0.15) is 5.75 Å². The average Bonchev–Trinajstić information content (AvgIpc) is 2.80. The molecule has 6 nitrogen and oxygen atoms in total. The van der Waals surface area contributed by atoms with Gasteiger partial charge < -0.3 is 10.1 Å². The van der Waals surface area contributed by atoms with Gasteiger partial charge >= 0.3 is 0 Å². The van der Waals surface area contributed by atoms with Gasteiger partial charge in [-0.1, -0.05) is 43.6 Å². The first kappa shape index (κ1) is 25.6. The minimum absolute atomic E-state index is 0.125. The summed E-state index contributed by atoms with van der Waals surface area (Å²) in [5, 5.41) is 3.20. The molecule has 0 saturated carbocycles. The Morgan fingerprint density at radius 1 is 0.971 bits per heavy atom. The number of carbonyl (C=O) groups excluding carboxylic acids is 1. The Hall–Kier alpha value is -3.03. The zero-order valence-corrected chi connectivity index (χ0v) is 21.4. The number of aryl methyl sites for hydroxylation is 1. The zero-order chi connectivity index (χ0) is 25.0. The molecule has 0 spiro atoms. The van der Waals surface area contributed by atoms with Crippen molar-refractivity contribution in [1.82, 2.24) is 5.32 Å². The number of sulfonamides is 1. The van der Waals surface area contributed by atoms with Crippen molar-refractivity contribution in [3.8, 4) is 5.75 Å².